The molecule has 1 saturated heterocycles. The number of aromatic nitrogens is 4. The average molecular weight is 381 g/mol. The lowest BCUT2D eigenvalue weighted by atomic mass is 10.2. The lowest BCUT2D eigenvalue weighted by Gasteiger charge is -2.23. The fraction of sp³-hybridized carbons (Fsp3) is 0.467. The van der Waals surface area contributed by atoms with Crippen molar-refractivity contribution in [2.75, 3.05) is 24.3 Å². The minimum Gasteiger partial charge on any atom is -0.341 e. The largest absolute Gasteiger partial charge is 0.341 e. The fourth-order valence-corrected chi connectivity index (χ4v) is 5.22. The number of aryl methyl sites for hydroxylation is 1. The molecule has 1 aliphatic rings. The van der Waals surface area contributed by atoms with Crippen LogP contribution in [0, 0.1) is 6.92 Å². The molecule has 0 spiro atoms. The maximum absolute atomic E-state index is 12.4. The van der Waals surface area contributed by atoms with Gasteiger partial charge in [0.25, 0.3) is 0 Å². The average Bonchev–Trinajstić information content (AvgIpc) is 3.18. The third-order valence-electron chi connectivity index (χ3n) is 4.19. The van der Waals surface area contributed by atoms with Crippen LogP contribution in [0.5, 0.6) is 0 Å². The normalized spacial score (nSPS) is 19.0. The van der Waals surface area contributed by atoms with Crippen LogP contribution in [0.1, 0.15) is 12.0 Å². The zero-order valence-corrected chi connectivity index (χ0v) is 15.6. The summed E-state index contributed by atoms with van der Waals surface area (Å²) in [6.07, 6.45) is 0.496. The number of sulfone groups is 1. The van der Waals surface area contributed by atoms with E-state index in [0.717, 1.165) is 11.3 Å². The van der Waals surface area contributed by atoms with Gasteiger partial charge in [0.2, 0.25) is 11.1 Å². The van der Waals surface area contributed by atoms with Crippen molar-refractivity contribution >= 4 is 27.5 Å². The highest BCUT2D eigenvalue weighted by atomic mass is 32.2. The summed E-state index contributed by atoms with van der Waals surface area (Å²) in [5.74, 6) is 0.208. The summed E-state index contributed by atoms with van der Waals surface area (Å²) in [6, 6.07) is 7.50. The Kier molecular flexibility index (Phi) is 5.09. The summed E-state index contributed by atoms with van der Waals surface area (Å²) < 4.78 is 24.7. The first-order valence-corrected chi connectivity index (χ1v) is 10.6. The van der Waals surface area contributed by atoms with Crippen LogP contribution in [0.15, 0.2) is 29.4 Å². The zero-order chi connectivity index (χ0) is 18.0. The molecule has 0 saturated carbocycles. The number of benzene rings is 1. The molecule has 1 amide bonds. The smallest absolute Gasteiger partial charge is 0.233 e. The van der Waals surface area contributed by atoms with Crippen molar-refractivity contribution in [3.05, 3.63) is 29.8 Å². The number of carbonyl (C=O) groups excluding carboxylic acids is 1. The summed E-state index contributed by atoms with van der Waals surface area (Å²) >= 11 is 1.23. The molecule has 1 aromatic heterocycles. The quantitative estimate of drug-likeness (QED) is 0.703. The van der Waals surface area contributed by atoms with E-state index in [1.165, 1.54) is 16.7 Å². The molecule has 0 bridgehead atoms. The summed E-state index contributed by atoms with van der Waals surface area (Å²) in [4.78, 5) is 13.9. The lowest BCUT2D eigenvalue weighted by molar-refractivity contribution is -0.128. The molecular weight excluding hydrogens is 362 g/mol. The van der Waals surface area contributed by atoms with Crippen LogP contribution in [0.2, 0.25) is 0 Å². The van der Waals surface area contributed by atoms with Crippen molar-refractivity contribution in [2.24, 2.45) is 0 Å². The Hall–Kier alpha value is -1.94. The van der Waals surface area contributed by atoms with Crippen LogP contribution in [-0.2, 0) is 14.6 Å². The van der Waals surface area contributed by atoms with Crippen molar-refractivity contribution in [1.29, 1.82) is 0 Å². The third kappa shape index (κ3) is 4.18. The van der Waals surface area contributed by atoms with Gasteiger partial charge in [-0.05, 0) is 35.9 Å². The van der Waals surface area contributed by atoms with E-state index in [1.54, 1.807) is 11.7 Å². The minimum absolute atomic E-state index is 0.0427. The predicted octanol–water partition coefficient (Wildman–Crippen LogP) is 0.708. The highest BCUT2D eigenvalue weighted by Gasteiger charge is 2.32. The van der Waals surface area contributed by atoms with Gasteiger partial charge in [-0.1, -0.05) is 29.5 Å². The van der Waals surface area contributed by atoms with Crippen molar-refractivity contribution in [3.63, 3.8) is 0 Å². The minimum atomic E-state index is -3.02. The van der Waals surface area contributed by atoms with E-state index in [-0.39, 0.29) is 29.2 Å². The third-order valence-corrected chi connectivity index (χ3v) is 6.85. The monoisotopic (exact) mass is 381 g/mol. The molecule has 2 aromatic rings. The van der Waals surface area contributed by atoms with Gasteiger partial charge in [0.05, 0.1) is 22.9 Å². The highest BCUT2D eigenvalue weighted by Crippen LogP contribution is 2.21. The second kappa shape index (κ2) is 7.12. The van der Waals surface area contributed by atoms with Crippen LogP contribution >= 0.6 is 11.8 Å². The van der Waals surface area contributed by atoms with Crippen LogP contribution in [0.4, 0.5) is 0 Å². The number of hydrogen-bond donors (Lipinski definition) is 0. The first kappa shape index (κ1) is 17.9. The van der Waals surface area contributed by atoms with E-state index in [4.69, 9.17) is 0 Å². The number of hydrogen-bond acceptors (Lipinski definition) is 7. The second-order valence-electron chi connectivity index (χ2n) is 6.06. The van der Waals surface area contributed by atoms with Gasteiger partial charge in [0, 0.05) is 13.1 Å². The molecule has 8 nitrogen and oxygen atoms in total. The van der Waals surface area contributed by atoms with E-state index in [0.29, 0.717) is 11.6 Å². The Balaban J connectivity index is 1.63. The summed E-state index contributed by atoms with van der Waals surface area (Å²) in [7, 11) is -1.37. The van der Waals surface area contributed by atoms with E-state index >= 15 is 0 Å². The van der Waals surface area contributed by atoms with E-state index < -0.39 is 9.84 Å². The Morgan fingerprint density at radius 3 is 2.72 bits per heavy atom. The van der Waals surface area contributed by atoms with Gasteiger partial charge in [0.15, 0.2) is 9.84 Å². The first-order chi connectivity index (χ1) is 11.9. The van der Waals surface area contributed by atoms with Crippen LogP contribution in [-0.4, -0.2) is 69.8 Å². The number of amides is 1. The molecule has 2 heterocycles. The van der Waals surface area contributed by atoms with Crippen molar-refractivity contribution < 1.29 is 13.2 Å². The van der Waals surface area contributed by atoms with Gasteiger partial charge >= 0.3 is 0 Å². The molecule has 10 heteroatoms. The van der Waals surface area contributed by atoms with E-state index in [9.17, 15) is 13.2 Å². The number of carbonyl (C=O) groups is 1. The van der Waals surface area contributed by atoms with Gasteiger partial charge in [-0.2, -0.15) is 4.68 Å². The number of rotatable bonds is 5. The topological polar surface area (TPSA) is 98.1 Å². The van der Waals surface area contributed by atoms with Crippen molar-refractivity contribution in [3.8, 4) is 5.69 Å². The van der Waals surface area contributed by atoms with Crippen LogP contribution in [0.25, 0.3) is 5.69 Å². The van der Waals surface area contributed by atoms with E-state index in [2.05, 4.69) is 15.5 Å². The molecule has 1 aliphatic heterocycles. The van der Waals surface area contributed by atoms with Gasteiger partial charge in [-0.15, -0.1) is 5.10 Å². The first-order valence-electron chi connectivity index (χ1n) is 7.80. The molecule has 1 aromatic carbocycles. The number of thioether (sulfide) groups is 1. The van der Waals surface area contributed by atoms with Gasteiger partial charge in [-0.25, -0.2) is 8.42 Å². The van der Waals surface area contributed by atoms with Crippen LogP contribution < -0.4 is 0 Å². The molecule has 0 unspecified atom stereocenters. The number of tetrazole rings is 1. The van der Waals surface area contributed by atoms with Crippen molar-refractivity contribution in [1.82, 2.24) is 25.1 Å². The molecular formula is C15H19N5O3S2. The Labute approximate surface area is 150 Å². The molecule has 1 atom stereocenters. The summed E-state index contributed by atoms with van der Waals surface area (Å²) in [5.41, 5.74) is 1.95. The maximum atomic E-state index is 12.4. The standard InChI is InChI=1S/C15H19N5O3S2/c1-11-3-5-12(6-4-11)20-15(16-17-18-20)24-9-14(21)19(2)13-7-8-25(22,23)10-13/h3-6,13H,7-10H2,1-2H3/t13-/m0/s1. The molecule has 25 heavy (non-hydrogen) atoms. The zero-order valence-electron chi connectivity index (χ0n) is 14.0. The molecule has 134 valence electrons. The summed E-state index contributed by atoms with van der Waals surface area (Å²) in [6.45, 7) is 2.00. The SMILES string of the molecule is Cc1ccc(-n2nnnc2SCC(=O)N(C)[C@H]2CCS(=O)(=O)C2)cc1. The van der Waals surface area contributed by atoms with Gasteiger partial charge in [-0.3, -0.25) is 4.79 Å². The molecule has 1 fully saturated rings. The molecule has 0 radical (unpaired) electrons. The Morgan fingerprint density at radius 2 is 2.08 bits per heavy atom. The van der Waals surface area contributed by atoms with Gasteiger partial charge < -0.3 is 4.90 Å². The Bertz CT molecular complexity index is 864. The molecule has 0 N–H and O–H groups in total. The van der Waals surface area contributed by atoms with Crippen LogP contribution in [0.3, 0.4) is 0 Å². The fourth-order valence-electron chi connectivity index (χ4n) is 2.63. The second-order valence-corrected chi connectivity index (χ2v) is 9.23. The highest BCUT2D eigenvalue weighted by molar-refractivity contribution is 7.99. The van der Waals surface area contributed by atoms with Gasteiger partial charge in [0.1, 0.15) is 0 Å². The number of nitrogens with zero attached hydrogens (tertiary/aromatic N) is 5. The summed E-state index contributed by atoms with van der Waals surface area (Å²) in [5, 5.41) is 12.1. The maximum Gasteiger partial charge on any atom is 0.233 e. The Morgan fingerprint density at radius 1 is 1.36 bits per heavy atom. The van der Waals surface area contributed by atoms with Crippen molar-refractivity contribution in [2.45, 2.75) is 24.5 Å². The molecule has 3 rings (SSSR count). The lowest BCUT2D eigenvalue weighted by Crippen LogP contribution is -2.38. The predicted molar refractivity (Wildman–Crippen MR) is 94.4 cm³/mol. The molecule has 0 aliphatic carbocycles. The van der Waals surface area contributed by atoms with E-state index in [1.807, 2.05) is 31.2 Å².